The molecular formula is C26H27FN2O3S. The standard InChI is InChI=1S/C26H27FN2O3S/c1-17-4-8-20(9-5-17)28-26(33)29-13-12-18-14-24(30-2)25(31-3)15-22(18)23(29)16-32-21-10-6-19(27)7-11-21/h4-11,14-15,23H,12-13,16H2,1-3H3,(H,28,33)/t23-/m0/s1. The lowest BCUT2D eigenvalue weighted by Gasteiger charge is -2.39. The van der Waals surface area contributed by atoms with Gasteiger partial charge in [-0.25, -0.2) is 4.39 Å². The highest BCUT2D eigenvalue weighted by atomic mass is 32.1. The van der Waals surface area contributed by atoms with Gasteiger partial charge in [0.15, 0.2) is 16.6 Å². The molecule has 7 heteroatoms. The fraction of sp³-hybridized carbons (Fsp3) is 0.269. The van der Waals surface area contributed by atoms with Crippen molar-refractivity contribution in [1.29, 1.82) is 0 Å². The van der Waals surface area contributed by atoms with Crippen LogP contribution < -0.4 is 19.5 Å². The Morgan fingerprint density at radius 1 is 1.03 bits per heavy atom. The third-order valence-electron chi connectivity index (χ3n) is 5.79. The minimum Gasteiger partial charge on any atom is -0.493 e. The summed E-state index contributed by atoms with van der Waals surface area (Å²) in [7, 11) is 3.26. The molecule has 0 fully saturated rings. The summed E-state index contributed by atoms with van der Waals surface area (Å²) >= 11 is 5.81. The third-order valence-corrected chi connectivity index (χ3v) is 6.12. The Kier molecular flexibility index (Phi) is 6.99. The van der Waals surface area contributed by atoms with Gasteiger partial charge in [0.2, 0.25) is 0 Å². The van der Waals surface area contributed by atoms with E-state index in [0.717, 1.165) is 29.8 Å². The van der Waals surface area contributed by atoms with Crippen LogP contribution >= 0.6 is 12.2 Å². The topological polar surface area (TPSA) is 43.0 Å². The molecule has 0 saturated heterocycles. The van der Waals surface area contributed by atoms with E-state index in [4.69, 9.17) is 26.4 Å². The highest BCUT2D eigenvalue weighted by molar-refractivity contribution is 7.80. The van der Waals surface area contributed by atoms with Crippen LogP contribution in [0.1, 0.15) is 22.7 Å². The third kappa shape index (κ3) is 5.20. The Morgan fingerprint density at radius 3 is 2.36 bits per heavy atom. The van der Waals surface area contributed by atoms with Crippen LogP contribution in [0, 0.1) is 12.7 Å². The molecule has 0 unspecified atom stereocenters. The predicted octanol–water partition coefficient (Wildman–Crippen LogP) is 5.53. The van der Waals surface area contributed by atoms with Crippen molar-refractivity contribution >= 4 is 23.0 Å². The van der Waals surface area contributed by atoms with Gasteiger partial charge in [-0.1, -0.05) is 17.7 Å². The number of nitrogens with one attached hydrogen (secondary N) is 1. The molecule has 0 bridgehead atoms. The maximum absolute atomic E-state index is 13.3. The quantitative estimate of drug-likeness (QED) is 0.482. The van der Waals surface area contributed by atoms with E-state index in [2.05, 4.69) is 10.2 Å². The van der Waals surface area contributed by atoms with Crippen LogP contribution in [0.25, 0.3) is 0 Å². The molecule has 0 amide bonds. The average Bonchev–Trinajstić information content (AvgIpc) is 2.83. The van der Waals surface area contributed by atoms with Gasteiger partial charge in [0.05, 0.1) is 20.3 Å². The van der Waals surface area contributed by atoms with Gasteiger partial charge >= 0.3 is 0 Å². The van der Waals surface area contributed by atoms with E-state index in [1.54, 1.807) is 26.4 Å². The fourth-order valence-corrected chi connectivity index (χ4v) is 4.33. The number of anilines is 1. The molecule has 0 radical (unpaired) electrons. The van der Waals surface area contributed by atoms with E-state index in [1.807, 2.05) is 43.3 Å². The molecule has 3 aromatic rings. The zero-order chi connectivity index (χ0) is 23.4. The van der Waals surface area contributed by atoms with Crippen molar-refractivity contribution in [2.75, 3.05) is 32.7 Å². The highest BCUT2D eigenvalue weighted by Crippen LogP contribution is 2.38. The number of hydrogen-bond acceptors (Lipinski definition) is 4. The second-order valence-corrected chi connectivity index (χ2v) is 8.31. The lowest BCUT2D eigenvalue weighted by molar-refractivity contribution is 0.190. The van der Waals surface area contributed by atoms with Crippen molar-refractivity contribution in [2.45, 2.75) is 19.4 Å². The van der Waals surface area contributed by atoms with Crippen molar-refractivity contribution in [3.8, 4) is 17.2 Å². The minimum atomic E-state index is -0.299. The van der Waals surface area contributed by atoms with Crippen LogP contribution in [-0.2, 0) is 6.42 Å². The number of aryl methyl sites for hydroxylation is 1. The van der Waals surface area contributed by atoms with Gasteiger partial charge in [0.1, 0.15) is 18.2 Å². The zero-order valence-electron chi connectivity index (χ0n) is 18.9. The predicted molar refractivity (Wildman–Crippen MR) is 132 cm³/mol. The summed E-state index contributed by atoms with van der Waals surface area (Å²) in [5.41, 5.74) is 4.34. The minimum absolute atomic E-state index is 0.163. The second kappa shape index (κ2) is 10.1. The summed E-state index contributed by atoms with van der Waals surface area (Å²) in [6.07, 6.45) is 0.804. The monoisotopic (exact) mass is 466 g/mol. The molecule has 1 aliphatic heterocycles. The largest absolute Gasteiger partial charge is 0.493 e. The molecule has 1 aliphatic rings. The molecule has 3 aromatic carbocycles. The van der Waals surface area contributed by atoms with Crippen molar-refractivity contribution in [3.05, 3.63) is 83.2 Å². The summed E-state index contributed by atoms with van der Waals surface area (Å²) in [6, 6.07) is 18.0. The Balaban J connectivity index is 1.63. The molecule has 1 N–H and O–H groups in total. The van der Waals surface area contributed by atoms with Crippen molar-refractivity contribution in [2.24, 2.45) is 0 Å². The molecule has 0 spiro atoms. The van der Waals surface area contributed by atoms with Crippen molar-refractivity contribution in [1.82, 2.24) is 4.90 Å². The summed E-state index contributed by atoms with van der Waals surface area (Å²) in [4.78, 5) is 2.13. The van der Waals surface area contributed by atoms with Crippen LogP contribution in [0.15, 0.2) is 60.7 Å². The van der Waals surface area contributed by atoms with Gasteiger partial charge in [-0.15, -0.1) is 0 Å². The number of thiocarbonyl (C=S) groups is 1. The lowest BCUT2D eigenvalue weighted by atomic mass is 9.92. The van der Waals surface area contributed by atoms with E-state index < -0.39 is 0 Å². The first-order chi connectivity index (χ1) is 16.0. The highest BCUT2D eigenvalue weighted by Gasteiger charge is 2.31. The number of rotatable bonds is 6. The number of methoxy groups -OCH3 is 2. The number of halogens is 1. The molecule has 0 aliphatic carbocycles. The molecule has 4 rings (SSSR count). The molecular weight excluding hydrogens is 439 g/mol. The number of fused-ring (bicyclic) bond motifs is 1. The van der Waals surface area contributed by atoms with E-state index in [9.17, 15) is 4.39 Å². The van der Waals surface area contributed by atoms with E-state index in [0.29, 0.717) is 29.0 Å². The Hall–Kier alpha value is -3.32. The smallest absolute Gasteiger partial charge is 0.174 e. The van der Waals surface area contributed by atoms with Crippen LogP contribution in [0.3, 0.4) is 0 Å². The normalized spacial score (nSPS) is 14.9. The van der Waals surface area contributed by atoms with Crippen LogP contribution in [0.2, 0.25) is 0 Å². The van der Waals surface area contributed by atoms with Crippen LogP contribution in [-0.4, -0.2) is 37.4 Å². The maximum atomic E-state index is 13.3. The molecule has 0 aromatic heterocycles. The first-order valence-electron chi connectivity index (χ1n) is 10.8. The Morgan fingerprint density at radius 2 is 1.70 bits per heavy atom. The summed E-state index contributed by atoms with van der Waals surface area (Å²) in [5.74, 6) is 1.65. The SMILES string of the molecule is COc1cc2c(cc1OC)[C@H](COc1ccc(F)cc1)N(C(=S)Nc1ccc(C)cc1)CC2. The lowest BCUT2D eigenvalue weighted by Crippen LogP contribution is -2.44. The van der Waals surface area contributed by atoms with Crippen molar-refractivity contribution < 1.29 is 18.6 Å². The van der Waals surface area contributed by atoms with Gasteiger partial charge in [-0.3, -0.25) is 0 Å². The molecule has 33 heavy (non-hydrogen) atoms. The van der Waals surface area contributed by atoms with Gasteiger partial charge < -0.3 is 24.4 Å². The maximum Gasteiger partial charge on any atom is 0.174 e. The molecule has 1 heterocycles. The second-order valence-electron chi connectivity index (χ2n) is 7.93. The molecule has 172 valence electrons. The zero-order valence-corrected chi connectivity index (χ0v) is 19.7. The first-order valence-corrected chi connectivity index (χ1v) is 11.2. The van der Waals surface area contributed by atoms with Gasteiger partial charge in [-0.05, 0) is 85.2 Å². The van der Waals surface area contributed by atoms with Gasteiger partial charge in [0.25, 0.3) is 0 Å². The van der Waals surface area contributed by atoms with Gasteiger partial charge in [-0.2, -0.15) is 0 Å². The van der Waals surface area contributed by atoms with Crippen molar-refractivity contribution in [3.63, 3.8) is 0 Å². The summed E-state index contributed by atoms with van der Waals surface area (Å²) in [5, 5.41) is 3.97. The average molecular weight is 467 g/mol. The van der Waals surface area contributed by atoms with Crippen LogP contribution in [0.5, 0.6) is 17.2 Å². The molecule has 1 atom stereocenters. The fourth-order valence-electron chi connectivity index (χ4n) is 3.99. The number of hydrogen-bond donors (Lipinski definition) is 1. The Labute approximate surface area is 199 Å². The Bertz CT molecular complexity index is 1120. The molecule has 5 nitrogen and oxygen atoms in total. The summed E-state index contributed by atoms with van der Waals surface area (Å²) < 4.78 is 30.4. The first kappa shape index (κ1) is 22.9. The number of ether oxygens (including phenoxy) is 3. The van der Waals surface area contributed by atoms with Gasteiger partial charge in [0, 0.05) is 12.2 Å². The number of benzene rings is 3. The van der Waals surface area contributed by atoms with Crippen LogP contribution in [0.4, 0.5) is 10.1 Å². The molecule has 0 saturated carbocycles. The summed E-state index contributed by atoms with van der Waals surface area (Å²) in [6.45, 7) is 3.11. The van der Waals surface area contributed by atoms with E-state index in [-0.39, 0.29) is 11.9 Å². The number of nitrogens with zero attached hydrogens (tertiary/aromatic N) is 1. The van der Waals surface area contributed by atoms with E-state index in [1.165, 1.54) is 17.7 Å². The van der Waals surface area contributed by atoms with E-state index >= 15 is 0 Å².